The summed E-state index contributed by atoms with van der Waals surface area (Å²) < 4.78 is 5.18. The molecular weight excluding hydrogens is 384 g/mol. The van der Waals surface area contributed by atoms with Crippen molar-refractivity contribution in [2.24, 2.45) is 5.41 Å². The molecule has 2 aliphatic heterocycles. The van der Waals surface area contributed by atoms with Crippen molar-refractivity contribution in [1.82, 2.24) is 20.0 Å². The van der Waals surface area contributed by atoms with E-state index in [1.54, 1.807) is 41.2 Å². The summed E-state index contributed by atoms with van der Waals surface area (Å²) in [5, 5.41) is 2.94. The van der Waals surface area contributed by atoms with Crippen molar-refractivity contribution in [3.63, 3.8) is 0 Å². The average molecular weight is 417 g/mol. The molecule has 0 saturated carbocycles. The lowest BCUT2D eigenvalue weighted by Crippen LogP contribution is -2.49. The summed E-state index contributed by atoms with van der Waals surface area (Å²) in [6.07, 6.45) is 0.346. The Balaban J connectivity index is 1.85. The topological polar surface area (TPSA) is 82.2 Å². The molecule has 0 unspecified atom stereocenters. The molecule has 8 nitrogen and oxygen atoms in total. The van der Waals surface area contributed by atoms with E-state index in [2.05, 4.69) is 5.32 Å². The van der Waals surface area contributed by atoms with Crippen molar-refractivity contribution in [1.29, 1.82) is 0 Å². The summed E-state index contributed by atoms with van der Waals surface area (Å²) in [7, 11) is 1.59. The van der Waals surface area contributed by atoms with Gasteiger partial charge in [-0.2, -0.15) is 0 Å². The molecule has 164 valence electrons. The molecule has 2 heterocycles. The molecule has 30 heavy (non-hydrogen) atoms. The predicted octanol–water partition coefficient (Wildman–Crippen LogP) is 1.81. The van der Waals surface area contributed by atoms with Crippen LogP contribution in [0.15, 0.2) is 24.3 Å². The molecule has 2 aliphatic rings. The molecule has 2 saturated heterocycles. The molecule has 1 aromatic carbocycles. The Kier molecular flexibility index (Phi) is 6.53. The second-order valence-corrected chi connectivity index (χ2v) is 8.57. The molecule has 1 aromatic rings. The van der Waals surface area contributed by atoms with Gasteiger partial charge in [0.05, 0.1) is 7.11 Å². The van der Waals surface area contributed by atoms with E-state index >= 15 is 0 Å². The van der Waals surface area contributed by atoms with E-state index in [9.17, 15) is 14.4 Å². The molecule has 1 N–H and O–H groups in total. The number of hydrogen-bond donors (Lipinski definition) is 1. The third-order valence-corrected chi connectivity index (χ3v) is 5.80. The maximum Gasteiger partial charge on any atom is 0.317 e. The summed E-state index contributed by atoms with van der Waals surface area (Å²) in [6.45, 7) is 8.75. The number of nitrogens with one attached hydrogen (secondary N) is 1. The van der Waals surface area contributed by atoms with Gasteiger partial charge >= 0.3 is 6.03 Å². The molecule has 0 radical (unpaired) electrons. The Morgan fingerprint density at radius 3 is 2.30 bits per heavy atom. The van der Waals surface area contributed by atoms with Gasteiger partial charge in [0, 0.05) is 62.7 Å². The van der Waals surface area contributed by atoms with Crippen molar-refractivity contribution in [3.05, 3.63) is 29.8 Å². The Bertz CT molecular complexity index is 795. The van der Waals surface area contributed by atoms with Crippen LogP contribution in [0.1, 0.15) is 37.6 Å². The first-order valence-corrected chi connectivity index (χ1v) is 10.5. The van der Waals surface area contributed by atoms with E-state index in [1.165, 1.54) is 0 Å². The predicted molar refractivity (Wildman–Crippen MR) is 113 cm³/mol. The van der Waals surface area contributed by atoms with Gasteiger partial charge in [-0.25, -0.2) is 4.79 Å². The fraction of sp³-hybridized carbons (Fsp3) is 0.591. The number of amides is 4. The van der Waals surface area contributed by atoms with Crippen molar-refractivity contribution in [2.75, 3.05) is 46.4 Å². The van der Waals surface area contributed by atoms with Crippen LogP contribution in [0, 0.1) is 5.41 Å². The lowest BCUT2D eigenvalue weighted by Gasteiger charge is -2.33. The zero-order valence-electron chi connectivity index (χ0n) is 18.3. The number of urea groups is 1. The molecule has 1 atom stereocenters. The number of benzene rings is 1. The van der Waals surface area contributed by atoms with Crippen molar-refractivity contribution < 1.29 is 19.1 Å². The van der Waals surface area contributed by atoms with Gasteiger partial charge in [0.25, 0.3) is 5.91 Å². The summed E-state index contributed by atoms with van der Waals surface area (Å²) in [4.78, 5) is 43.9. The first kappa shape index (κ1) is 21.9. The maximum atomic E-state index is 13.2. The van der Waals surface area contributed by atoms with E-state index in [4.69, 9.17) is 4.74 Å². The maximum absolute atomic E-state index is 13.2. The normalized spacial score (nSPS) is 21.9. The van der Waals surface area contributed by atoms with Gasteiger partial charge in [-0.3, -0.25) is 9.59 Å². The minimum Gasteiger partial charge on any atom is -0.497 e. The fourth-order valence-corrected chi connectivity index (χ4v) is 4.34. The summed E-state index contributed by atoms with van der Waals surface area (Å²) in [6, 6.07) is 6.90. The zero-order valence-corrected chi connectivity index (χ0v) is 18.3. The number of carbonyl (C=O) groups is 3. The Hall–Kier alpha value is -2.77. The number of nitrogens with zero attached hydrogens (tertiary/aromatic N) is 3. The Morgan fingerprint density at radius 2 is 1.73 bits per heavy atom. The van der Waals surface area contributed by atoms with Gasteiger partial charge < -0.3 is 24.8 Å². The smallest absolute Gasteiger partial charge is 0.317 e. The highest BCUT2D eigenvalue weighted by molar-refractivity contribution is 5.94. The first-order valence-electron chi connectivity index (χ1n) is 10.5. The lowest BCUT2D eigenvalue weighted by molar-refractivity contribution is -0.127. The van der Waals surface area contributed by atoms with Crippen LogP contribution >= 0.6 is 0 Å². The first-order chi connectivity index (χ1) is 14.3. The van der Waals surface area contributed by atoms with Crippen LogP contribution in [0.5, 0.6) is 5.75 Å². The monoisotopic (exact) mass is 416 g/mol. The summed E-state index contributed by atoms with van der Waals surface area (Å²) in [5.41, 5.74) is 0.114. The highest BCUT2D eigenvalue weighted by Gasteiger charge is 2.47. The molecule has 0 bridgehead atoms. The highest BCUT2D eigenvalue weighted by Crippen LogP contribution is 2.35. The number of methoxy groups -OCH3 is 1. The van der Waals surface area contributed by atoms with Crippen LogP contribution in [0.2, 0.25) is 0 Å². The molecule has 4 amide bonds. The molecular formula is C22H32N4O4. The summed E-state index contributed by atoms with van der Waals surface area (Å²) >= 11 is 0. The molecule has 2 fully saturated rings. The SMILES string of the molecule is CCN1C[C@@]2(CC1=O)CN(C(=O)NC(C)C)CCN(C(=O)c1ccc(OC)cc1)C2. The molecule has 8 heteroatoms. The highest BCUT2D eigenvalue weighted by atomic mass is 16.5. The average Bonchev–Trinajstić information content (AvgIpc) is 2.91. The van der Waals surface area contributed by atoms with Crippen molar-refractivity contribution in [3.8, 4) is 5.75 Å². The minimum atomic E-state index is -0.458. The second-order valence-electron chi connectivity index (χ2n) is 8.57. The number of likely N-dealkylation sites (tertiary alicyclic amines) is 1. The minimum absolute atomic E-state index is 0.0195. The summed E-state index contributed by atoms with van der Waals surface area (Å²) in [5.74, 6) is 0.682. The molecule has 1 spiro atoms. The van der Waals surface area contributed by atoms with Crippen molar-refractivity contribution in [2.45, 2.75) is 33.2 Å². The number of hydrogen-bond acceptors (Lipinski definition) is 4. The molecule has 3 rings (SSSR count). The van der Waals surface area contributed by atoms with E-state index in [1.807, 2.05) is 25.7 Å². The van der Waals surface area contributed by atoms with Gasteiger partial charge in [-0.05, 0) is 45.0 Å². The Labute approximate surface area is 178 Å². The van der Waals surface area contributed by atoms with Gasteiger partial charge in [0.15, 0.2) is 0 Å². The van der Waals surface area contributed by atoms with Gasteiger partial charge in [-0.1, -0.05) is 0 Å². The van der Waals surface area contributed by atoms with Crippen LogP contribution in [0.4, 0.5) is 4.79 Å². The van der Waals surface area contributed by atoms with Crippen LogP contribution in [0.3, 0.4) is 0 Å². The molecule has 0 aliphatic carbocycles. The van der Waals surface area contributed by atoms with Crippen LogP contribution in [-0.4, -0.2) is 85.0 Å². The fourth-order valence-electron chi connectivity index (χ4n) is 4.34. The van der Waals surface area contributed by atoms with Gasteiger partial charge in [-0.15, -0.1) is 0 Å². The van der Waals surface area contributed by atoms with E-state index in [0.717, 1.165) is 0 Å². The lowest BCUT2D eigenvalue weighted by atomic mass is 9.85. The quantitative estimate of drug-likeness (QED) is 0.812. The van der Waals surface area contributed by atoms with Crippen molar-refractivity contribution >= 4 is 17.8 Å². The standard InChI is InChI=1S/C22H32N4O4/c1-5-24-13-22(12-19(24)27)14-25(10-11-26(15-22)21(29)23-16(2)3)20(28)17-6-8-18(30-4)9-7-17/h6-9,16H,5,10-15H2,1-4H3,(H,23,29)/t22-/m1/s1. The third kappa shape index (κ3) is 4.68. The van der Waals surface area contributed by atoms with Gasteiger partial charge in [0.2, 0.25) is 5.91 Å². The molecule has 0 aromatic heterocycles. The van der Waals surface area contributed by atoms with E-state index < -0.39 is 5.41 Å². The largest absolute Gasteiger partial charge is 0.497 e. The van der Waals surface area contributed by atoms with Gasteiger partial charge in [0.1, 0.15) is 5.75 Å². The Morgan fingerprint density at radius 1 is 1.10 bits per heavy atom. The van der Waals surface area contributed by atoms with Crippen LogP contribution in [-0.2, 0) is 4.79 Å². The third-order valence-electron chi connectivity index (χ3n) is 5.80. The van der Waals surface area contributed by atoms with Crippen LogP contribution in [0.25, 0.3) is 0 Å². The second kappa shape index (κ2) is 8.93. The van der Waals surface area contributed by atoms with E-state index in [-0.39, 0.29) is 23.9 Å². The van der Waals surface area contributed by atoms with Crippen LogP contribution < -0.4 is 10.1 Å². The number of ether oxygens (including phenoxy) is 1. The van der Waals surface area contributed by atoms with E-state index in [0.29, 0.717) is 57.0 Å². The number of carbonyl (C=O) groups excluding carboxylic acids is 3. The zero-order chi connectivity index (χ0) is 21.9. The number of rotatable bonds is 4.